The summed E-state index contributed by atoms with van der Waals surface area (Å²) in [5, 5.41) is 0. The maximum atomic E-state index is 12.9. The van der Waals surface area contributed by atoms with Gasteiger partial charge in [0.25, 0.3) is 0 Å². The number of likely N-dealkylation sites (N-methyl/N-ethyl adjacent to an activating group) is 1. The molecule has 9 nitrogen and oxygen atoms in total. The third kappa shape index (κ3) is 76.1. The summed E-state index contributed by atoms with van der Waals surface area (Å²) in [4.78, 5) is 35.9. The first-order valence-corrected chi connectivity index (χ1v) is 39.0. The SMILES string of the molecule is CC/C=C\C/C=C\C/C=C\C/C=C\C/C=C\C/C=C\C/C=C\C/C=C\CCCCCCCCC(=O)OC(COC(=O)CCCCCCCCCCCCCCCCCCC/C=C\C/C=C\C/C=C\C/C=C\C/C=C\C/C=C\C/C=C\CC)COP(=O)(O)OCC[N+](C)(C)C. The molecule has 0 rings (SSSR count). The van der Waals surface area contributed by atoms with Crippen molar-refractivity contribution in [3.63, 3.8) is 0 Å². The van der Waals surface area contributed by atoms with Crippen molar-refractivity contribution in [3.05, 3.63) is 182 Å². The molecule has 1 N–H and O–H groups in total. The van der Waals surface area contributed by atoms with Gasteiger partial charge < -0.3 is 18.9 Å². The zero-order chi connectivity index (χ0) is 68.3. The van der Waals surface area contributed by atoms with E-state index in [1.165, 1.54) is 96.3 Å². The third-order valence-corrected chi connectivity index (χ3v) is 16.4. The van der Waals surface area contributed by atoms with E-state index in [0.717, 1.165) is 154 Å². The van der Waals surface area contributed by atoms with Gasteiger partial charge in [0.2, 0.25) is 0 Å². The number of unbranched alkanes of at least 4 members (excludes halogenated alkanes) is 23. The van der Waals surface area contributed by atoms with E-state index >= 15 is 0 Å². The van der Waals surface area contributed by atoms with Crippen LogP contribution in [0.1, 0.15) is 284 Å². The first-order valence-electron chi connectivity index (χ1n) is 37.5. The molecule has 94 heavy (non-hydrogen) atoms. The number of esters is 2. The normalized spacial score (nSPS) is 14.1. The second kappa shape index (κ2) is 72.4. The molecular formula is C84H139NO8P+. The lowest BCUT2D eigenvalue weighted by Crippen LogP contribution is -2.37. The first kappa shape index (κ1) is 89.1. The molecule has 0 radical (unpaired) electrons. The van der Waals surface area contributed by atoms with Crippen LogP contribution in [0.15, 0.2) is 182 Å². The van der Waals surface area contributed by atoms with Gasteiger partial charge in [0, 0.05) is 12.8 Å². The van der Waals surface area contributed by atoms with E-state index in [1.807, 2.05) is 21.1 Å². The molecule has 0 saturated heterocycles. The number of carbonyl (C=O) groups excluding carboxylic acids is 2. The summed E-state index contributed by atoms with van der Waals surface area (Å²) in [5.41, 5.74) is 0. The lowest BCUT2D eigenvalue weighted by atomic mass is 10.0. The molecule has 0 spiro atoms. The highest BCUT2D eigenvalue weighted by Crippen LogP contribution is 2.43. The average molecular weight is 1320 g/mol. The monoisotopic (exact) mass is 1320 g/mol. The lowest BCUT2D eigenvalue weighted by Gasteiger charge is -2.24. The Balaban J connectivity index is 4.08. The van der Waals surface area contributed by atoms with Gasteiger partial charge in [-0.25, -0.2) is 4.57 Å². The molecule has 0 heterocycles. The number of ether oxygens (including phenoxy) is 2. The van der Waals surface area contributed by atoms with Crippen molar-refractivity contribution >= 4 is 19.8 Å². The summed E-state index contributed by atoms with van der Waals surface area (Å²) >= 11 is 0. The van der Waals surface area contributed by atoms with Gasteiger partial charge in [0.05, 0.1) is 27.7 Å². The number of quaternary nitrogens is 1. The Bertz CT molecular complexity index is 2240. The van der Waals surface area contributed by atoms with E-state index in [2.05, 4.69) is 196 Å². The van der Waals surface area contributed by atoms with Crippen molar-refractivity contribution < 1.29 is 42.1 Å². The zero-order valence-corrected chi connectivity index (χ0v) is 61.5. The summed E-state index contributed by atoms with van der Waals surface area (Å²) in [5.74, 6) is -0.819. The molecule has 0 amide bonds. The number of carbonyl (C=O) groups is 2. The van der Waals surface area contributed by atoms with Gasteiger partial charge in [-0.1, -0.05) is 318 Å². The van der Waals surface area contributed by atoms with Crippen LogP contribution in [0.5, 0.6) is 0 Å². The molecule has 2 unspecified atom stereocenters. The molecular weight excluding hydrogens is 1180 g/mol. The summed E-state index contributed by atoms with van der Waals surface area (Å²) in [6.07, 6.45) is 111. The Kier molecular flexibility index (Phi) is 68.6. The molecule has 0 saturated carbocycles. The topological polar surface area (TPSA) is 108 Å². The number of hydrogen-bond acceptors (Lipinski definition) is 7. The molecule has 2 atom stereocenters. The van der Waals surface area contributed by atoms with Crippen molar-refractivity contribution in [2.75, 3.05) is 47.5 Å². The first-order chi connectivity index (χ1) is 46.0. The molecule has 0 aromatic rings. The number of phosphoric acid groups is 1. The van der Waals surface area contributed by atoms with Crippen LogP contribution < -0.4 is 0 Å². The highest BCUT2D eigenvalue weighted by atomic mass is 31.2. The summed E-state index contributed by atoms with van der Waals surface area (Å²) in [6.45, 7) is 4.18. The Hall–Kier alpha value is -4.89. The van der Waals surface area contributed by atoms with Crippen LogP contribution in [0.25, 0.3) is 0 Å². The number of hydrogen-bond donors (Lipinski definition) is 1. The number of phosphoric ester groups is 1. The fourth-order valence-electron chi connectivity index (χ4n) is 9.78. The van der Waals surface area contributed by atoms with Gasteiger partial charge in [-0.15, -0.1) is 0 Å². The fourth-order valence-corrected chi connectivity index (χ4v) is 10.5. The smallest absolute Gasteiger partial charge is 0.462 e. The molecule has 0 fully saturated rings. The molecule has 0 aromatic carbocycles. The minimum atomic E-state index is -4.41. The third-order valence-electron chi connectivity index (χ3n) is 15.4. The van der Waals surface area contributed by atoms with E-state index in [9.17, 15) is 19.0 Å². The van der Waals surface area contributed by atoms with Crippen LogP contribution in [-0.4, -0.2) is 74.9 Å². The van der Waals surface area contributed by atoms with Gasteiger partial charge in [-0.3, -0.25) is 18.6 Å². The summed E-state index contributed by atoms with van der Waals surface area (Å²) in [6, 6.07) is 0. The molecule has 10 heteroatoms. The Morgan fingerprint density at radius 1 is 0.330 bits per heavy atom. The van der Waals surface area contributed by atoms with Gasteiger partial charge >= 0.3 is 19.8 Å². The van der Waals surface area contributed by atoms with Crippen molar-refractivity contribution in [1.82, 2.24) is 0 Å². The Labute approximate surface area is 578 Å². The van der Waals surface area contributed by atoms with Crippen LogP contribution >= 0.6 is 7.82 Å². The maximum absolute atomic E-state index is 12.9. The summed E-state index contributed by atoms with van der Waals surface area (Å²) < 4.78 is 34.7. The van der Waals surface area contributed by atoms with Crippen molar-refractivity contribution in [1.29, 1.82) is 0 Å². The molecule has 0 aliphatic heterocycles. The molecule has 0 aliphatic rings. The zero-order valence-electron chi connectivity index (χ0n) is 60.6. The van der Waals surface area contributed by atoms with Gasteiger partial charge in [-0.2, -0.15) is 0 Å². The van der Waals surface area contributed by atoms with E-state index < -0.39 is 26.5 Å². The van der Waals surface area contributed by atoms with Crippen LogP contribution in [-0.2, 0) is 32.7 Å². The number of nitrogens with zero attached hydrogens (tertiary/aromatic N) is 1. The molecule has 532 valence electrons. The number of rotatable bonds is 67. The van der Waals surface area contributed by atoms with Crippen molar-refractivity contribution in [2.45, 2.75) is 290 Å². The summed E-state index contributed by atoms with van der Waals surface area (Å²) in [7, 11) is 1.45. The van der Waals surface area contributed by atoms with Crippen LogP contribution in [0.4, 0.5) is 0 Å². The van der Waals surface area contributed by atoms with Crippen LogP contribution in [0.2, 0.25) is 0 Å². The minimum absolute atomic E-state index is 0.0204. The highest BCUT2D eigenvalue weighted by Gasteiger charge is 2.27. The van der Waals surface area contributed by atoms with E-state index in [1.54, 1.807) is 0 Å². The second-order valence-corrected chi connectivity index (χ2v) is 27.0. The average Bonchev–Trinajstić information content (AvgIpc) is 1.66. The van der Waals surface area contributed by atoms with E-state index in [-0.39, 0.29) is 32.0 Å². The van der Waals surface area contributed by atoms with E-state index in [4.69, 9.17) is 18.5 Å². The van der Waals surface area contributed by atoms with Crippen LogP contribution in [0.3, 0.4) is 0 Å². The van der Waals surface area contributed by atoms with Gasteiger partial charge in [0.15, 0.2) is 6.10 Å². The van der Waals surface area contributed by atoms with Gasteiger partial charge in [0.1, 0.15) is 19.8 Å². The van der Waals surface area contributed by atoms with Gasteiger partial charge in [-0.05, 0) is 135 Å². The van der Waals surface area contributed by atoms with Crippen molar-refractivity contribution in [2.24, 2.45) is 0 Å². The maximum Gasteiger partial charge on any atom is 0.472 e. The second-order valence-electron chi connectivity index (χ2n) is 25.6. The largest absolute Gasteiger partial charge is 0.472 e. The molecule has 0 aliphatic carbocycles. The fraction of sp³-hybridized carbons (Fsp3) is 0.619. The highest BCUT2D eigenvalue weighted by molar-refractivity contribution is 7.47. The molecule has 0 aromatic heterocycles. The predicted octanol–water partition coefficient (Wildman–Crippen LogP) is 25.0. The lowest BCUT2D eigenvalue weighted by molar-refractivity contribution is -0.870. The predicted molar refractivity (Wildman–Crippen MR) is 408 cm³/mol. The van der Waals surface area contributed by atoms with E-state index in [0.29, 0.717) is 17.4 Å². The quantitative estimate of drug-likeness (QED) is 0.0211. The van der Waals surface area contributed by atoms with Crippen molar-refractivity contribution in [3.8, 4) is 0 Å². The Morgan fingerprint density at radius 3 is 0.851 bits per heavy atom. The minimum Gasteiger partial charge on any atom is -0.462 e. The standard InChI is InChI=1S/C84H138NO8P/c1-6-8-10-12-14-16-18-20-22-24-26-28-30-32-34-36-38-39-40-41-42-43-44-45-47-48-50-52-54-56-58-60-62-64-66-68-70-72-74-76-83(86)90-80-82(81-92-94(88,89)91-79-78-85(3,4)5)93-84(87)77-75-73-71-69-67-65-63-61-59-57-55-53-51-49-46-37-35-33-31-29-27-25-23-21-19-17-15-13-11-9-7-2/h8-11,14-17,20-23,26-29,32-35,38-39,41-42,46,49,53,55,59,61,82H,6-7,12-13,18-19,24-25,30-31,36-37,40,43-45,47-48,50-52,54,56-58,60,62-81H2,1-5H3/p+1/b10-8-,11-9-,16-14-,17-15-,22-20-,23-21-,28-26-,29-27-,34-32-,35-33-,39-38-,42-41-,49-46-,55-53-,61-59-. The van der Waals surface area contributed by atoms with Crippen LogP contribution in [0, 0.1) is 0 Å². The number of allylic oxidation sites excluding steroid dienone is 30. The Morgan fingerprint density at radius 2 is 0.574 bits per heavy atom. The molecule has 0 bridgehead atoms.